The van der Waals surface area contributed by atoms with Crippen LogP contribution in [0, 0.1) is 11.3 Å². The molecule has 0 aliphatic heterocycles. The van der Waals surface area contributed by atoms with Crippen molar-refractivity contribution < 1.29 is 14.3 Å². The highest BCUT2D eigenvalue weighted by molar-refractivity contribution is 6.35. The first-order chi connectivity index (χ1) is 13.3. The second kappa shape index (κ2) is 10.0. The van der Waals surface area contributed by atoms with Crippen LogP contribution in [0.5, 0.6) is 11.5 Å². The molecule has 2 aromatic carbocycles. The Balaban J connectivity index is 2.20. The van der Waals surface area contributed by atoms with Gasteiger partial charge in [-0.1, -0.05) is 35.3 Å². The van der Waals surface area contributed by atoms with Crippen molar-refractivity contribution in [3.8, 4) is 17.6 Å². The van der Waals surface area contributed by atoms with Gasteiger partial charge >= 0.3 is 0 Å². The van der Waals surface area contributed by atoms with Crippen LogP contribution in [0.1, 0.15) is 25.0 Å². The number of methoxy groups -OCH3 is 1. The monoisotopic (exact) mass is 418 g/mol. The van der Waals surface area contributed by atoms with Gasteiger partial charge in [0.2, 0.25) is 0 Å². The van der Waals surface area contributed by atoms with Crippen molar-refractivity contribution in [3.63, 3.8) is 0 Å². The van der Waals surface area contributed by atoms with Crippen LogP contribution >= 0.6 is 23.2 Å². The summed E-state index contributed by atoms with van der Waals surface area (Å²) in [6.07, 6.45) is 1.50. The van der Waals surface area contributed by atoms with E-state index in [1.54, 1.807) is 36.4 Å². The van der Waals surface area contributed by atoms with Gasteiger partial charge in [-0.15, -0.1) is 0 Å². The lowest BCUT2D eigenvalue weighted by Crippen LogP contribution is -2.30. The third-order valence-corrected chi connectivity index (χ3v) is 4.27. The summed E-state index contributed by atoms with van der Waals surface area (Å²) in [6, 6.07) is 12.2. The smallest absolute Gasteiger partial charge is 0.262 e. The fourth-order valence-electron chi connectivity index (χ4n) is 2.34. The molecule has 0 spiro atoms. The van der Waals surface area contributed by atoms with Crippen LogP contribution in [0.15, 0.2) is 42.0 Å². The Labute approximate surface area is 174 Å². The summed E-state index contributed by atoms with van der Waals surface area (Å²) in [5.41, 5.74) is 1.44. The highest BCUT2D eigenvalue weighted by Crippen LogP contribution is 2.31. The van der Waals surface area contributed by atoms with Gasteiger partial charge in [0.1, 0.15) is 18.2 Å². The van der Waals surface area contributed by atoms with Crippen LogP contribution in [-0.4, -0.2) is 19.1 Å². The molecule has 1 N–H and O–H groups in total. The minimum absolute atomic E-state index is 0.0115. The standard InChI is InChI=1S/C21H20Cl2N2O3/c1-13(2)25-21(26)16(11-24)8-14-4-7-19(20(9-14)27-3)28-12-15-5-6-17(22)10-18(15)23/h4-10,13H,12H2,1-3H3,(H,25,26)/b16-8-. The number of carbonyl (C=O) groups is 1. The minimum atomic E-state index is -0.422. The number of carbonyl (C=O) groups excluding carboxylic acids is 1. The molecule has 0 atom stereocenters. The van der Waals surface area contributed by atoms with Crippen molar-refractivity contribution >= 4 is 35.2 Å². The first-order valence-corrected chi connectivity index (χ1v) is 9.27. The van der Waals surface area contributed by atoms with E-state index in [0.717, 1.165) is 5.56 Å². The minimum Gasteiger partial charge on any atom is -0.493 e. The van der Waals surface area contributed by atoms with Crippen molar-refractivity contribution in [1.29, 1.82) is 5.26 Å². The quantitative estimate of drug-likeness (QED) is 0.506. The number of hydrogen-bond acceptors (Lipinski definition) is 4. The van der Waals surface area contributed by atoms with Gasteiger partial charge in [0, 0.05) is 21.7 Å². The van der Waals surface area contributed by atoms with Crippen molar-refractivity contribution in [2.75, 3.05) is 7.11 Å². The fourth-order valence-corrected chi connectivity index (χ4v) is 2.81. The Morgan fingerprint density at radius 3 is 2.57 bits per heavy atom. The summed E-state index contributed by atoms with van der Waals surface area (Å²) in [6.45, 7) is 3.89. The predicted octanol–water partition coefficient (Wildman–Crippen LogP) is 5.01. The molecule has 0 aliphatic rings. The molecule has 0 saturated carbocycles. The van der Waals surface area contributed by atoms with Crippen molar-refractivity contribution in [1.82, 2.24) is 5.32 Å². The Kier molecular flexibility index (Phi) is 7.74. The van der Waals surface area contributed by atoms with E-state index in [1.807, 2.05) is 19.9 Å². The highest BCUT2D eigenvalue weighted by Gasteiger charge is 2.12. The van der Waals surface area contributed by atoms with E-state index in [1.165, 1.54) is 13.2 Å². The maximum atomic E-state index is 12.0. The van der Waals surface area contributed by atoms with E-state index in [-0.39, 0.29) is 18.2 Å². The van der Waals surface area contributed by atoms with Crippen molar-refractivity contribution in [3.05, 3.63) is 63.1 Å². The number of rotatable bonds is 7. The molecule has 2 aromatic rings. The van der Waals surface area contributed by atoms with E-state index in [2.05, 4.69) is 5.32 Å². The second-order valence-electron chi connectivity index (χ2n) is 6.23. The molecule has 0 unspecified atom stereocenters. The molecule has 0 fully saturated rings. The molecule has 0 heterocycles. The van der Waals surface area contributed by atoms with Gasteiger partial charge in [-0.25, -0.2) is 0 Å². The van der Waals surface area contributed by atoms with Gasteiger partial charge in [0.25, 0.3) is 5.91 Å². The lowest BCUT2D eigenvalue weighted by atomic mass is 10.1. The zero-order valence-corrected chi connectivity index (χ0v) is 17.3. The summed E-state index contributed by atoms with van der Waals surface area (Å²) in [5, 5.41) is 13.0. The molecule has 28 heavy (non-hydrogen) atoms. The van der Waals surface area contributed by atoms with Gasteiger partial charge in [-0.2, -0.15) is 5.26 Å². The van der Waals surface area contributed by atoms with E-state index >= 15 is 0 Å². The molecule has 7 heteroatoms. The number of nitriles is 1. The topological polar surface area (TPSA) is 71.3 Å². The van der Waals surface area contributed by atoms with E-state index < -0.39 is 5.91 Å². The summed E-state index contributed by atoms with van der Waals surface area (Å²) >= 11 is 12.1. The SMILES string of the molecule is COc1cc(/C=C(/C#N)C(=O)NC(C)C)ccc1OCc1ccc(Cl)cc1Cl. The molecule has 2 rings (SSSR count). The number of nitrogens with one attached hydrogen (secondary N) is 1. The number of nitrogens with zero attached hydrogens (tertiary/aromatic N) is 1. The molecule has 0 saturated heterocycles. The highest BCUT2D eigenvalue weighted by atomic mass is 35.5. The first-order valence-electron chi connectivity index (χ1n) is 8.51. The predicted molar refractivity (Wildman–Crippen MR) is 111 cm³/mol. The average molecular weight is 419 g/mol. The molecule has 5 nitrogen and oxygen atoms in total. The van der Waals surface area contributed by atoms with Gasteiger partial charge in [-0.05, 0) is 49.8 Å². The summed E-state index contributed by atoms with van der Waals surface area (Å²) in [4.78, 5) is 12.0. The third-order valence-electron chi connectivity index (χ3n) is 3.68. The van der Waals surface area contributed by atoms with Crippen LogP contribution in [0.4, 0.5) is 0 Å². The van der Waals surface area contributed by atoms with Gasteiger partial charge in [-0.3, -0.25) is 4.79 Å². The lowest BCUT2D eigenvalue weighted by molar-refractivity contribution is -0.117. The van der Waals surface area contributed by atoms with Crippen LogP contribution < -0.4 is 14.8 Å². The second-order valence-corrected chi connectivity index (χ2v) is 7.08. The number of halogens is 2. The Morgan fingerprint density at radius 1 is 1.21 bits per heavy atom. The van der Waals surface area contributed by atoms with Crippen LogP contribution in [-0.2, 0) is 11.4 Å². The molecular weight excluding hydrogens is 399 g/mol. The Bertz CT molecular complexity index is 934. The molecular formula is C21H20Cl2N2O3. The van der Waals surface area contributed by atoms with Crippen LogP contribution in [0.25, 0.3) is 6.08 Å². The average Bonchev–Trinajstić information content (AvgIpc) is 2.65. The fraction of sp³-hybridized carbons (Fsp3) is 0.238. The molecule has 0 aromatic heterocycles. The zero-order valence-electron chi connectivity index (χ0n) is 15.8. The van der Waals surface area contributed by atoms with Gasteiger partial charge < -0.3 is 14.8 Å². The van der Waals surface area contributed by atoms with Crippen molar-refractivity contribution in [2.45, 2.75) is 26.5 Å². The van der Waals surface area contributed by atoms with Crippen LogP contribution in [0.2, 0.25) is 10.0 Å². The maximum Gasteiger partial charge on any atom is 0.262 e. The van der Waals surface area contributed by atoms with E-state index in [0.29, 0.717) is 27.1 Å². The zero-order chi connectivity index (χ0) is 20.7. The maximum absolute atomic E-state index is 12.0. The van der Waals surface area contributed by atoms with Crippen molar-refractivity contribution in [2.24, 2.45) is 0 Å². The Morgan fingerprint density at radius 2 is 1.96 bits per heavy atom. The third kappa shape index (κ3) is 5.91. The van der Waals surface area contributed by atoms with Crippen LogP contribution in [0.3, 0.4) is 0 Å². The van der Waals surface area contributed by atoms with Gasteiger partial charge in [0.05, 0.1) is 7.11 Å². The van der Waals surface area contributed by atoms with Gasteiger partial charge in [0.15, 0.2) is 11.5 Å². The van der Waals surface area contributed by atoms with E-state index in [9.17, 15) is 10.1 Å². The molecule has 1 amide bonds. The number of benzene rings is 2. The summed E-state index contributed by atoms with van der Waals surface area (Å²) in [5.74, 6) is 0.561. The number of hydrogen-bond donors (Lipinski definition) is 1. The summed E-state index contributed by atoms with van der Waals surface area (Å²) in [7, 11) is 1.52. The molecule has 0 radical (unpaired) electrons. The summed E-state index contributed by atoms with van der Waals surface area (Å²) < 4.78 is 11.2. The molecule has 0 aliphatic carbocycles. The molecule has 146 valence electrons. The molecule has 0 bridgehead atoms. The first kappa shape index (κ1) is 21.6. The number of amides is 1. The normalized spacial score (nSPS) is 11.1. The number of ether oxygens (including phenoxy) is 2. The largest absolute Gasteiger partial charge is 0.493 e. The lowest BCUT2D eigenvalue weighted by Gasteiger charge is -2.12. The van der Waals surface area contributed by atoms with E-state index in [4.69, 9.17) is 32.7 Å². The Hall–Kier alpha value is -2.68.